The third kappa shape index (κ3) is 2.87. The summed E-state index contributed by atoms with van der Waals surface area (Å²) in [5.74, 6) is -2.50. The van der Waals surface area contributed by atoms with Crippen LogP contribution in [0.15, 0.2) is 30.5 Å². The number of ketones is 1. The minimum atomic E-state index is -0.874. The van der Waals surface area contributed by atoms with Gasteiger partial charge in [0.15, 0.2) is 5.78 Å². The largest absolute Gasteiger partial charge is 0.501 e. The van der Waals surface area contributed by atoms with Crippen LogP contribution in [0.2, 0.25) is 0 Å². The molecular weight excluding hydrogens is 202 g/mol. The van der Waals surface area contributed by atoms with Gasteiger partial charge in [-0.3, -0.25) is 4.79 Å². The highest BCUT2D eigenvalue weighted by molar-refractivity contribution is 6.04. The minimum absolute atomic E-state index is 0.392. The van der Waals surface area contributed by atoms with E-state index in [0.717, 1.165) is 24.5 Å². The molecule has 1 rings (SSSR count). The molecule has 0 atom stereocenters. The molecule has 0 aliphatic heterocycles. The van der Waals surface area contributed by atoms with Gasteiger partial charge in [-0.15, -0.1) is 0 Å². The first kappa shape index (κ1) is 11.4. The van der Waals surface area contributed by atoms with Crippen molar-refractivity contribution in [3.05, 3.63) is 47.7 Å². The first-order valence-electron chi connectivity index (χ1n) is 4.43. The third-order valence-corrected chi connectivity index (χ3v) is 1.69. The predicted molar refractivity (Wildman–Crippen MR) is 51.5 cm³/mol. The van der Waals surface area contributed by atoms with Crippen molar-refractivity contribution in [2.24, 2.45) is 0 Å². The molecule has 0 amide bonds. The molecule has 0 N–H and O–H groups in total. The summed E-state index contributed by atoms with van der Waals surface area (Å²) in [6, 6.07) is 3.27. The van der Waals surface area contributed by atoms with E-state index in [4.69, 9.17) is 4.74 Å². The molecule has 0 aliphatic rings. The van der Waals surface area contributed by atoms with E-state index in [9.17, 15) is 13.6 Å². The zero-order valence-electron chi connectivity index (χ0n) is 8.17. The number of halogens is 2. The molecule has 1 aromatic rings. The molecule has 0 unspecified atom stereocenters. The number of allylic oxidation sites excluding steroid dienone is 1. The Balaban J connectivity index is 2.91. The number of ether oxygens (including phenoxy) is 1. The van der Waals surface area contributed by atoms with Gasteiger partial charge in [0.1, 0.15) is 11.6 Å². The number of carbonyl (C=O) groups is 1. The molecule has 2 nitrogen and oxygen atoms in total. The maximum Gasteiger partial charge on any atom is 0.194 e. The molecule has 0 saturated carbocycles. The first-order valence-corrected chi connectivity index (χ1v) is 4.43. The second-order valence-electron chi connectivity index (χ2n) is 2.72. The van der Waals surface area contributed by atoms with Crippen molar-refractivity contribution >= 4 is 5.78 Å². The smallest absolute Gasteiger partial charge is 0.194 e. The zero-order chi connectivity index (χ0) is 11.3. The quantitative estimate of drug-likeness (QED) is 0.435. The van der Waals surface area contributed by atoms with E-state index in [1.54, 1.807) is 6.92 Å². The fourth-order valence-electron chi connectivity index (χ4n) is 1.02. The summed E-state index contributed by atoms with van der Waals surface area (Å²) in [6.07, 6.45) is 2.11. The molecule has 1 aromatic carbocycles. The highest BCUT2D eigenvalue weighted by atomic mass is 19.1. The Bertz CT molecular complexity index is 366. The molecule has 0 fully saturated rings. The zero-order valence-corrected chi connectivity index (χ0v) is 8.17. The van der Waals surface area contributed by atoms with Crippen molar-refractivity contribution in [2.75, 3.05) is 6.61 Å². The van der Waals surface area contributed by atoms with Gasteiger partial charge in [0.2, 0.25) is 0 Å². The molecule has 4 heteroatoms. The topological polar surface area (TPSA) is 26.3 Å². The van der Waals surface area contributed by atoms with Gasteiger partial charge in [-0.2, -0.15) is 0 Å². The number of carbonyl (C=O) groups excluding carboxylic acids is 1. The second-order valence-corrected chi connectivity index (χ2v) is 2.72. The van der Waals surface area contributed by atoms with Gasteiger partial charge >= 0.3 is 0 Å². The highest BCUT2D eigenvalue weighted by Gasteiger charge is 2.14. The van der Waals surface area contributed by atoms with Crippen LogP contribution in [-0.4, -0.2) is 12.4 Å². The predicted octanol–water partition coefficient (Wildman–Crippen LogP) is 2.70. The summed E-state index contributed by atoms with van der Waals surface area (Å²) in [4.78, 5) is 11.3. The van der Waals surface area contributed by atoms with Crippen molar-refractivity contribution in [3.8, 4) is 0 Å². The molecule has 0 radical (unpaired) electrons. The molecule has 0 spiro atoms. The van der Waals surface area contributed by atoms with E-state index in [1.807, 2.05) is 0 Å². The Morgan fingerprint density at radius 2 is 2.00 bits per heavy atom. The normalized spacial score (nSPS) is 10.6. The standard InChI is InChI=1S/C11H10F2O2/c1-2-15-7-6-10(14)11-8(12)4-3-5-9(11)13/h3-7H,2H2,1H3/b7-6+. The maximum absolute atomic E-state index is 13.1. The van der Waals surface area contributed by atoms with Crippen molar-refractivity contribution in [2.45, 2.75) is 6.92 Å². The Kier molecular flexibility index (Phi) is 3.97. The SMILES string of the molecule is CCO/C=C/C(=O)c1c(F)cccc1F. The van der Waals surface area contributed by atoms with Crippen LogP contribution in [-0.2, 0) is 4.74 Å². The van der Waals surface area contributed by atoms with Gasteiger partial charge in [-0.05, 0) is 19.1 Å². The van der Waals surface area contributed by atoms with E-state index in [1.165, 1.54) is 6.07 Å². The summed E-state index contributed by atoms with van der Waals surface area (Å²) >= 11 is 0. The number of hydrogen-bond donors (Lipinski definition) is 0. The van der Waals surface area contributed by atoms with E-state index in [-0.39, 0.29) is 0 Å². The number of hydrogen-bond acceptors (Lipinski definition) is 2. The Labute approximate surface area is 86.2 Å². The van der Waals surface area contributed by atoms with Crippen LogP contribution < -0.4 is 0 Å². The summed E-state index contributed by atoms with van der Waals surface area (Å²) in [5, 5.41) is 0. The van der Waals surface area contributed by atoms with Crippen LogP contribution in [0.25, 0.3) is 0 Å². The Morgan fingerprint density at radius 1 is 1.40 bits per heavy atom. The van der Waals surface area contributed by atoms with Gasteiger partial charge in [-0.1, -0.05) is 6.07 Å². The van der Waals surface area contributed by atoms with Crippen LogP contribution in [0.1, 0.15) is 17.3 Å². The average Bonchev–Trinajstić information content (AvgIpc) is 2.18. The molecule has 0 heterocycles. The van der Waals surface area contributed by atoms with E-state index < -0.39 is 23.0 Å². The van der Waals surface area contributed by atoms with Gasteiger partial charge in [0.05, 0.1) is 18.4 Å². The molecule has 0 saturated heterocycles. The fraction of sp³-hybridized carbons (Fsp3) is 0.182. The van der Waals surface area contributed by atoms with Gasteiger partial charge in [0, 0.05) is 6.08 Å². The lowest BCUT2D eigenvalue weighted by atomic mass is 10.1. The highest BCUT2D eigenvalue weighted by Crippen LogP contribution is 2.13. The Hall–Kier alpha value is -1.71. The molecule has 0 aromatic heterocycles. The number of benzene rings is 1. The van der Waals surface area contributed by atoms with Crippen molar-refractivity contribution in [1.29, 1.82) is 0 Å². The molecule has 0 bridgehead atoms. The molecular formula is C11H10F2O2. The first-order chi connectivity index (χ1) is 7.16. The Morgan fingerprint density at radius 3 is 2.53 bits per heavy atom. The summed E-state index contributed by atoms with van der Waals surface area (Å²) in [7, 11) is 0. The van der Waals surface area contributed by atoms with Gasteiger partial charge in [-0.25, -0.2) is 8.78 Å². The minimum Gasteiger partial charge on any atom is -0.501 e. The lowest BCUT2D eigenvalue weighted by Gasteiger charge is -1.99. The maximum atomic E-state index is 13.1. The third-order valence-electron chi connectivity index (χ3n) is 1.69. The fourth-order valence-corrected chi connectivity index (χ4v) is 1.02. The van der Waals surface area contributed by atoms with Crippen LogP contribution in [0.4, 0.5) is 8.78 Å². The van der Waals surface area contributed by atoms with E-state index >= 15 is 0 Å². The monoisotopic (exact) mass is 212 g/mol. The van der Waals surface area contributed by atoms with Crippen molar-refractivity contribution in [1.82, 2.24) is 0 Å². The summed E-state index contributed by atoms with van der Waals surface area (Å²) in [5.41, 5.74) is -0.562. The van der Waals surface area contributed by atoms with E-state index in [2.05, 4.69) is 0 Å². The molecule has 15 heavy (non-hydrogen) atoms. The van der Waals surface area contributed by atoms with Crippen LogP contribution in [0, 0.1) is 11.6 Å². The summed E-state index contributed by atoms with van der Waals surface area (Å²) < 4.78 is 30.9. The molecule has 0 aliphatic carbocycles. The van der Waals surface area contributed by atoms with Gasteiger partial charge < -0.3 is 4.74 Å². The average molecular weight is 212 g/mol. The van der Waals surface area contributed by atoms with Crippen LogP contribution >= 0.6 is 0 Å². The van der Waals surface area contributed by atoms with E-state index in [0.29, 0.717) is 6.61 Å². The van der Waals surface area contributed by atoms with Crippen molar-refractivity contribution in [3.63, 3.8) is 0 Å². The summed E-state index contributed by atoms with van der Waals surface area (Å²) in [6.45, 7) is 2.13. The van der Waals surface area contributed by atoms with Crippen LogP contribution in [0.5, 0.6) is 0 Å². The second kappa shape index (κ2) is 5.24. The molecule has 80 valence electrons. The lowest BCUT2D eigenvalue weighted by molar-refractivity contribution is 0.103. The van der Waals surface area contributed by atoms with Crippen molar-refractivity contribution < 1.29 is 18.3 Å². The number of rotatable bonds is 4. The van der Waals surface area contributed by atoms with Crippen LogP contribution in [0.3, 0.4) is 0 Å². The van der Waals surface area contributed by atoms with Gasteiger partial charge in [0.25, 0.3) is 0 Å². The lowest BCUT2D eigenvalue weighted by Crippen LogP contribution is -2.02.